The lowest BCUT2D eigenvalue weighted by molar-refractivity contribution is -0.138. The number of halogens is 2. The molecule has 0 unspecified atom stereocenters. The number of ether oxygens (including phenoxy) is 1. The highest BCUT2D eigenvalue weighted by molar-refractivity contribution is 9.10. The van der Waals surface area contributed by atoms with E-state index in [-0.39, 0.29) is 12.5 Å². The molecule has 0 heterocycles. The quantitative estimate of drug-likeness (QED) is 0.634. The van der Waals surface area contributed by atoms with Gasteiger partial charge in [-0.05, 0) is 18.2 Å². The van der Waals surface area contributed by atoms with Gasteiger partial charge in [-0.1, -0.05) is 27.5 Å². The number of carbonyl (C=O) groups is 1. The lowest BCUT2D eigenvalue weighted by Crippen LogP contribution is -2.04. The van der Waals surface area contributed by atoms with E-state index in [1.165, 1.54) is 7.11 Å². The molecule has 15 heavy (non-hydrogen) atoms. The molecule has 0 fully saturated rings. The van der Waals surface area contributed by atoms with Gasteiger partial charge in [0.05, 0.1) is 7.11 Å². The Morgan fingerprint density at radius 1 is 1.67 bits per heavy atom. The normalized spacial score (nSPS) is 10.6. The van der Waals surface area contributed by atoms with E-state index in [4.69, 9.17) is 11.6 Å². The fourth-order valence-corrected chi connectivity index (χ4v) is 1.43. The molecule has 0 saturated heterocycles. The van der Waals surface area contributed by atoms with Gasteiger partial charge in [-0.15, -0.1) is 0 Å². The summed E-state index contributed by atoms with van der Waals surface area (Å²) in [4.78, 5) is 14.7. The fraction of sp³-hybridized carbons (Fsp3) is 0.200. The van der Waals surface area contributed by atoms with Crippen LogP contribution in [0, 0.1) is 0 Å². The number of carbonyl (C=O) groups excluding carboxylic acids is 1. The second kappa shape index (κ2) is 5.88. The Morgan fingerprint density at radius 2 is 2.40 bits per heavy atom. The van der Waals surface area contributed by atoms with Crippen LogP contribution in [0.2, 0.25) is 5.02 Å². The van der Waals surface area contributed by atoms with Gasteiger partial charge in [-0.3, -0.25) is 9.79 Å². The highest BCUT2D eigenvalue weighted by Gasteiger charge is 1.99. The molecular formula is C10H9BrClNO2. The lowest BCUT2D eigenvalue weighted by atomic mass is 10.2. The van der Waals surface area contributed by atoms with Gasteiger partial charge in [-0.2, -0.15) is 0 Å². The van der Waals surface area contributed by atoms with Crippen LogP contribution in [0.4, 0.5) is 0 Å². The number of methoxy groups -OCH3 is 1. The van der Waals surface area contributed by atoms with Crippen molar-refractivity contribution in [2.45, 2.75) is 0 Å². The summed E-state index contributed by atoms with van der Waals surface area (Å²) in [6, 6.07) is 5.34. The molecule has 1 aromatic rings. The number of benzene rings is 1. The van der Waals surface area contributed by atoms with Gasteiger partial charge in [0.1, 0.15) is 6.54 Å². The van der Waals surface area contributed by atoms with E-state index < -0.39 is 0 Å². The standard InChI is InChI=1S/C10H9BrClNO2/c1-15-10(14)6-13-5-7-4-8(12)2-3-9(7)11/h2-5H,6H2,1H3. The van der Waals surface area contributed by atoms with Crippen molar-refractivity contribution in [3.8, 4) is 0 Å². The Labute approximate surface area is 101 Å². The van der Waals surface area contributed by atoms with Crippen molar-refractivity contribution in [2.24, 2.45) is 4.99 Å². The smallest absolute Gasteiger partial charge is 0.327 e. The zero-order valence-corrected chi connectivity index (χ0v) is 10.4. The van der Waals surface area contributed by atoms with E-state index in [1.807, 2.05) is 6.07 Å². The van der Waals surface area contributed by atoms with Gasteiger partial charge in [0, 0.05) is 21.3 Å². The van der Waals surface area contributed by atoms with E-state index in [0.717, 1.165) is 10.0 Å². The zero-order chi connectivity index (χ0) is 11.3. The zero-order valence-electron chi connectivity index (χ0n) is 8.04. The maximum absolute atomic E-state index is 10.8. The molecule has 5 heteroatoms. The van der Waals surface area contributed by atoms with Crippen LogP contribution in [0.3, 0.4) is 0 Å². The second-order valence-corrected chi connectivity index (χ2v) is 4.00. The molecule has 0 aliphatic rings. The molecule has 80 valence electrons. The fourth-order valence-electron chi connectivity index (χ4n) is 0.897. The molecule has 0 atom stereocenters. The first-order valence-electron chi connectivity index (χ1n) is 4.15. The minimum atomic E-state index is -0.371. The Morgan fingerprint density at radius 3 is 3.07 bits per heavy atom. The minimum Gasteiger partial charge on any atom is -0.468 e. The molecule has 0 aromatic heterocycles. The highest BCUT2D eigenvalue weighted by atomic mass is 79.9. The molecule has 0 spiro atoms. The number of rotatable bonds is 3. The first-order valence-corrected chi connectivity index (χ1v) is 5.32. The number of hydrogen-bond donors (Lipinski definition) is 0. The van der Waals surface area contributed by atoms with Gasteiger partial charge in [0.2, 0.25) is 0 Å². The number of esters is 1. The van der Waals surface area contributed by atoms with Crippen LogP contribution in [-0.4, -0.2) is 25.8 Å². The summed E-state index contributed by atoms with van der Waals surface area (Å²) in [6.07, 6.45) is 1.58. The molecule has 1 aromatic carbocycles. The average Bonchev–Trinajstić information content (AvgIpc) is 2.23. The monoisotopic (exact) mass is 289 g/mol. The summed E-state index contributed by atoms with van der Waals surface area (Å²) in [5, 5.41) is 0.623. The summed E-state index contributed by atoms with van der Waals surface area (Å²) in [7, 11) is 1.33. The van der Waals surface area contributed by atoms with Crippen molar-refractivity contribution in [1.29, 1.82) is 0 Å². The lowest BCUT2D eigenvalue weighted by Gasteiger charge is -1.98. The van der Waals surface area contributed by atoms with Gasteiger partial charge < -0.3 is 4.74 Å². The van der Waals surface area contributed by atoms with E-state index >= 15 is 0 Å². The van der Waals surface area contributed by atoms with Crippen molar-refractivity contribution >= 4 is 39.7 Å². The van der Waals surface area contributed by atoms with Gasteiger partial charge in [0.25, 0.3) is 0 Å². The summed E-state index contributed by atoms with van der Waals surface area (Å²) in [5.74, 6) is -0.371. The highest BCUT2D eigenvalue weighted by Crippen LogP contribution is 2.19. The van der Waals surface area contributed by atoms with Crippen molar-refractivity contribution in [1.82, 2.24) is 0 Å². The van der Waals surface area contributed by atoms with Crippen LogP contribution < -0.4 is 0 Å². The van der Waals surface area contributed by atoms with Crippen LogP contribution >= 0.6 is 27.5 Å². The van der Waals surface area contributed by atoms with E-state index in [9.17, 15) is 4.79 Å². The Hall–Kier alpha value is -0.870. The maximum Gasteiger partial charge on any atom is 0.327 e. The molecule has 0 amide bonds. The van der Waals surface area contributed by atoms with Crippen LogP contribution in [0.15, 0.2) is 27.7 Å². The van der Waals surface area contributed by atoms with E-state index in [2.05, 4.69) is 25.7 Å². The van der Waals surface area contributed by atoms with Gasteiger partial charge in [0.15, 0.2) is 0 Å². The molecule has 1 rings (SSSR count). The van der Waals surface area contributed by atoms with E-state index in [0.29, 0.717) is 5.02 Å². The maximum atomic E-state index is 10.8. The van der Waals surface area contributed by atoms with Crippen LogP contribution in [0.5, 0.6) is 0 Å². The predicted octanol–water partition coefficient (Wildman–Crippen LogP) is 2.69. The third-order valence-corrected chi connectivity index (χ3v) is 2.59. The molecule has 0 N–H and O–H groups in total. The third-order valence-electron chi connectivity index (χ3n) is 1.64. The number of nitrogens with zero attached hydrogens (tertiary/aromatic N) is 1. The third kappa shape index (κ3) is 4.01. The summed E-state index contributed by atoms with van der Waals surface area (Å²) >= 11 is 9.16. The van der Waals surface area contributed by atoms with Gasteiger partial charge >= 0.3 is 5.97 Å². The van der Waals surface area contributed by atoms with Crippen LogP contribution in [0.1, 0.15) is 5.56 Å². The predicted molar refractivity (Wildman–Crippen MR) is 63.6 cm³/mol. The minimum absolute atomic E-state index is 0.00938. The largest absolute Gasteiger partial charge is 0.468 e. The topological polar surface area (TPSA) is 38.7 Å². The average molecular weight is 291 g/mol. The first kappa shape index (κ1) is 12.2. The summed E-state index contributed by atoms with van der Waals surface area (Å²) in [5.41, 5.74) is 0.825. The SMILES string of the molecule is COC(=O)CN=Cc1cc(Cl)ccc1Br. The van der Waals surface area contributed by atoms with Crippen LogP contribution in [-0.2, 0) is 9.53 Å². The molecule has 0 radical (unpaired) electrons. The van der Waals surface area contributed by atoms with Crippen molar-refractivity contribution < 1.29 is 9.53 Å². The summed E-state index contributed by atoms with van der Waals surface area (Å²) < 4.78 is 5.33. The molecule has 0 aliphatic heterocycles. The number of hydrogen-bond acceptors (Lipinski definition) is 3. The molecular weight excluding hydrogens is 281 g/mol. The molecule has 0 aliphatic carbocycles. The van der Waals surface area contributed by atoms with E-state index in [1.54, 1.807) is 18.3 Å². The first-order chi connectivity index (χ1) is 7.13. The Bertz CT molecular complexity index is 393. The Balaban J connectivity index is 2.71. The Kier molecular flexibility index (Phi) is 4.78. The molecule has 0 saturated carbocycles. The van der Waals surface area contributed by atoms with Crippen LogP contribution in [0.25, 0.3) is 0 Å². The van der Waals surface area contributed by atoms with Crippen molar-refractivity contribution in [3.05, 3.63) is 33.3 Å². The molecule has 0 bridgehead atoms. The van der Waals surface area contributed by atoms with Crippen molar-refractivity contribution in [2.75, 3.05) is 13.7 Å². The number of aliphatic imine (C=N–C) groups is 1. The molecule has 3 nitrogen and oxygen atoms in total. The van der Waals surface area contributed by atoms with Gasteiger partial charge in [-0.25, -0.2) is 0 Å². The van der Waals surface area contributed by atoms with Crippen molar-refractivity contribution in [3.63, 3.8) is 0 Å². The summed E-state index contributed by atoms with van der Waals surface area (Å²) in [6.45, 7) is 0.00938. The second-order valence-electron chi connectivity index (χ2n) is 2.71.